The van der Waals surface area contributed by atoms with Crippen LogP contribution >= 0.6 is 0 Å². The third-order valence-electron chi connectivity index (χ3n) is 12.1. The normalized spacial score (nSPS) is 13.0. The molecule has 2 aromatic heterocycles. The van der Waals surface area contributed by atoms with Crippen LogP contribution in [0.4, 0.5) is 17.1 Å². The molecule has 11 aromatic rings. The predicted molar refractivity (Wildman–Crippen MR) is 238 cm³/mol. The maximum atomic E-state index is 6.56. The fourth-order valence-electron chi connectivity index (χ4n) is 9.77. The van der Waals surface area contributed by atoms with Gasteiger partial charge >= 0.3 is 0 Å². The molecule has 1 aliphatic carbocycles. The van der Waals surface area contributed by atoms with Crippen molar-refractivity contribution in [2.24, 2.45) is 0 Å². The van der Waals surface area contributed by atoms with Crippen molar-refractivity contribution < 1.29 is 8.83 Å². The minimum Gasteiger partial charge on any atom is -0.456 e. The monoisotopic (exact) mass is 741 g/mol. The number of rotatable bonds is 6. The van der Waals surface area contributed by atoms with Gasteiger partial charge in [0.05, 0.1) is 16.5 Å². The van der Waals surface area contributed by atoms with Gasteiger partial charge in [-0.05, 0) is 99.1 Å². The first kappa shape index (κ1) is 32.6. The number of hydrogen-bond acceptors (Lipinski definition) is 3. The molecule has 12 rings (SSSR count). The van der Waals surface area contributed by atoms with E-state index in [1.54, 1.807) is 0 Å². The number of anilines is 3. The minimum atomic E-state index is -0.542. The molecule has 272 valence electrons. The maximum absolute atomic E-state index is 6.56. The molecule has 0 aliphatic heterocycles. The number of furan rings is 2. The second kappa shape index (κ2) is 12.7. The lowest BCUT2D eigenvalue weighted by Gasteiger charge is -2.35. The quantitative estimate of drug-likeness (QED) is 0.170. The summed E-state index contributed by atoms with van der Waals surface area (Å²) < 4.78 is 13.1. The average molecular weight is 742 g/mol. The van der Waals surface area contributed by atoms with Crippen LogP contribution in [0.15, 0.2) is 221 Å². The summed E-state index contributed by atoms with van der Waals surface area (Å²) in [5, 5.41) is 4.32. The van der Waals surface area contributed by atoms with Gasteiger partial charge in [0.1, 0.15) is 22.3 Å². The van der Waals surface area contributed by atoms with E-state index in [1.807, 2.05) is 6.07 Å². The summed E-state index contributed by atoms with van der Waals surface area (Å²) in [6, 6.07) is 76.3. The van der Waals surface area contributed by atoms with Crippen molar-refractivity contribution in [1.29, 1.82) is 0 Å². The molecule has 3 nitrogen and oxygen atoms in total. The summed E-state index contributed by atoms with van der Waals surface area (Å²) in [5.74, 6) is 0. The Bertz CT molecular complexity index is 3310. The summed E-state index contributed by atoms with van der Waals surface area (Å²) in [6.07, 6.45) is 0. The Hall–Kier alpha value is -7.62. The highest BCUT2D eigenvalue weighted by atomic mass is 16.3. The Labute approximate surface area is 335 Å². The Kier molecular flexibility index (Phi) is 7.14. The first-order valence-corrected chi connectivity index (χ1v) is 19.8. The topological polar surface area (TPSA) is 29.5 Å². The SMILES string of the molecule is c1ccc(-c2cccc3oc4ccc(N(c5cccc(C6(c7ccccc7)c7ccccc7-c7ccccc76)c5)c5cccc6oc7ccccc7c56)cc4c23)cc1. The lowest BCUT2D eigenvalue weighted by Crippen LogP contribution is -2.28. The standard InChI is InChI=1S/C55H35NO2/c1-3-16-36(17-4-1)41-25-14-30-51-53(41)45-35-40(32-33-50(45)58-51)56(48-28-15-31-52-54(48)44-24-9-12-29-49(44)57-52)39-21-13-20-38(34-39)55(37-18-5-2-6-19-37)46-26-10-7-22-42(46)43-23-8-11-27-47(43)55/h1-35H. The zero-order valence-corrected chi connectivity index (χ0v) is 31.5. The van der Waals surface area contributed by atoms with Crippen LogP contribution in [0.1, 0.15) is 22.3 Å². The van der Waals surface area contributed by atoms with E-state index >= 15 is 0 Å². The fraction of sp³-hybridized carbons (Fsp3) is 0.0182. The third-order valence-corrected chi connectivity index (χ3v) is 12.1. The molecule has 0 unspecified atom stereocenters. The highest BCUT2D eigenvalue weighted by molar-refractivity contribution is 6.16. The number of fused-ring (bicyclic) bond motifs is 9. The van der Waals surface area contributed by atoms with E-state index in [9.17, 15) is 0 Å². The molecule has 0 bridgehead atoms. The summed E-state index contributed by atoms with van der Waals surface area (Å²) in [4.78, 5) is 2.41. The van der Waals surface area contributed by atoms with Gasteiger partial charge in [-0.1, -0.05) is 158 Å². The summed E-state index contributed by atoms with van der Waals surface area (Å²) in [5.41, 5.74) is 15.8. The molecule has 1 aliphatic rings. The Morgan fingerprint density at radius 2 is 0.897 bits per heavy atom. The van der Waals surface area contributed by atoms with Crippen molar-refractivity contribution in [2.75, 3.05) is 4.90 Å². The second-order valence-electron chi connectivity index (χ2n) is 15.2. The Morgan fingerprint density at radius 3 is 1.67 bits per heavy atom. The van der Waals surface area contributed by atoms with E-state index in [1.165, 1.54) is 33.4 Å². The molecule has 0 saturated heterocycles. The Balaban J connectivity index is 1.15. The molecule has 3 heteroatoms. The molecule has 0 atom stereocenters. The van der Waals surface area contributed by atoms with Crippen LogP contribution in [-0.4, -0.2) is 0 Å². The largest absolute Gasteiger partial charge is 0.456 e. The lowest BCUT2D eigenvalue weighted by molar-refractivity contribution is 0.668. The van der Waals surface area contributed by atoms with E-state index in [2.05, 4.69) is 211 Å². The van der Waals surface area contributed by atoms with Gasteiger partial charge < -0.3 is 13.7 Å². The highest BCUT2D eigenvalue weighted by Gasteiger charge is 2.46. The molecule has 0 fully saturated rings. The van der Waals surface area contributed by atoms with Gasteiger partial charge in [-0.3, -0.25) is 0 Å². The van der Waals surface area contributed by atoms with Crippen molar-refractivity contribution in [3.8, 4) is 22.3 Å². The number of nitrogens with zero attached hydrogens (tertiary/aromatic N) is 1. The zero-order chi connectivity index (χ0) is 38.2. The van der Waals surface area contributed by atoms with Gasteiger partial charge in [-0.15, -0.1) is 0 Å². The van der Waals surface area contributed by atoms with Crippen molar-refractivity contribution in [1.82, 2.24) is 0 Å². The first-order valence-electron chi connectivity index (χ1n) is 19.8. The van der Waals surface area contributed by atoms with Crippen molar-refractivity contribution in [3.63, 3.8) is 0 Å². The molecule has 9 aromatic carbocycles. The van der Waals surface area contributed by atoms with E-state index < -0.39 is 5.41 Å². The van der Waals surface area contributed by atoms with Gasteiger partial charge in [0.15, 0.2) is 0 Å². The summed E-state index contributed by atoms with van der Waals surface area (Å²) in [6.45, 7) is 0. The fourth-order valence-corrected chi connectivity index (χ4v) is 9.77. The van der Waals surface area contributed by atoms with Gasteiger partial charge in [-0.25, -0.2) is 0 Å². The zero-order valence-electron chi connectivity index (χ0n) is 31.5. The molecule has 58 heavy (non-hydrogen) atoms. The third kappa shape index (κ3) is 4.68. The minimum absolute atomic E-state index is 0.542. The smallest absolute Gasteiger partial charge is 0.137 e. The van der Waals surface area contributed by atoms with E-state index in [-0.39, 0.29) is 0 Å². The molecular formula is C55H35NO2. The maximum Gasteiger partial charge on any atom is 0.137 e. The van der Waals surface area contributed by atoms with E-state index in [0.29, 0.717) is 0 Å². The summed E-state index contributed by atoms with van der Waals surface area (Å²) in [7, 11) is 0. The van der Waals surface area contributed by atoms with E-state index in [0.717, 1.165) is 72.1 Å². The number of benzene rings is 9. The molecule has 0 amide bonds. The highest BCUT2D eigenvalue weighted by Crippen LogP contribution is 2.57. The van der Waals surface area contributed by atoms with Crippen LogP contribution in [0.2, 0.25) is 0 Å². The first-order chi connectivity index (χ1) is 28.8. The van der Waals surface area contributed by atoms with Gasteiger partial charge in [0.2, 0.25) is 0 Å². The van der Waals surface area contributed by atoms with Gasteiger partial charge in [-0.2, -0.15) is 0 Å². The molecule has 0 spiro atoms. The average Bonchev–Trinajstić information content (AvgIpc) is 3.96. The van der Waals surface area contributed by atoms with Gasteiger partial charge in [0.25, 0.3) is 0 Å². The van der Waals surface area contributed by atoms with Crippen LogP contribution in [0.3, 0.4) is 0 Å². The van der Waals surface area contributed by atoms with Crippen molar-refractivity contribution >= 4 is 60.9 Å². The van der Waals surface area contributed by atoms with Crippen LogP contribution in [-0.2, 0) is 5.41 Å². The molecule has 0 N–H and O–H groups in total. The van der Waals surface area contributed by atoms with Crippen LogP contribution in [0, 0.1) is 0 Å². The van der Waals surface area contributed by atoms with Crippen LogP contribution < -0.4 is 4.90 Å². The molecular weight excluding hydrogens is 707 g/mol. The lowest BCUT2D eigenvalue weighted by atomic mass is 9.67. The number of para-hydroxylation sites is 1. The van der Waals surface area contributed by atoms with Crippen LogP contribution in [0.5, 0.6) is 0 Å². The number of hydrogen-bond donors (Lipinski definition) is 0. The Morgan fingerprint density at radius 1 is 0.345 bits per heavy atom. The van der Waals surface area contributed by atoms with E-state index in [4.69, 9.17) is 8.83 Å². The predicted octanol–water partition coefficient (Wildman–Crippen LogP) is 15.0. The summed E-state index contributed by atoms with van der Waals surface area (Å²) >= 11 is 0. The van der Waals surface area contributed by atoms with Crippen molar-refractivity contribution in [2.45, 2.75) is 5.41 Å². The molecule has 0 saturated carbocycles. The molecule has 0 radical (unpaired) electrons. The van der Waals surface area contributed by atoms with Crippen LogP contribution in [0.25, 0.3) is 66.1 Å². The second-order valence-corrected chi connectivity index (χ2v) is 15.2. The van der Waals surface area contributed by atoms with Crippen molar-refractivity contribution in [3.05, 3.63) is 235 Å². The van der Waals surface area contributed by atoms with Gasteiger partial charge in [0, 0.05) is 27.5 Å². The molecule has 2 heterocycles.